The molecule has 6 heteroatoms. The number of nitrogens with zero attached hydrogens (tertiary/aromatic N) is 4. The molecule has 0 aliphatic heterocycles. The normalized spacial score (nSPS) is 12.5. The Morgan fingerprint density at radius 3 is 2.53 bits per heavy atom. The van der Waals surface area contributed by atoms with Gasteiger partial charge in [-0.2, -0.15) is 5.10 Å². The van der Waals surface area contributed by atoms with Gasteiger partial charge in [-0.3, -0.25) is 4.68 Å². The first-order valence-corrected chi connectivity index (χ1v) is 6.19. The van der Waals surface area contributed by atoms with Gasteiger partial charge in [0.2, 0.25) is 0 Å². The molecule has 0 aromatic carbocycles. The van der Waals surface area contributed by atoms with E-state index in [1.54, 1.807) is 17.9 Å². The second kappa shape index (κ2) is 4.87. The molecule has 2 aromatic heterocycles. The van der Waals surface area contributed by atoms with E-state index in [0.29, 0.717) is 5.69 Å². The van der Waals surface area contributed by atoms with Crippen LogP contribution in [-0.4, -0.2) is 24.9 Å². The molecule has 0 aliphatic rings. The number of nitrogens with one attached hydrogen (secondary N) is 1. The highest BCUT2D eigenvalue weighted by molar-refractivity contribution is 5.47. The predicted octanol–water partition coefficient (Wildman–Crippen LogP) is 2.01. The number of hydrogen-bond donors (Lipinski definition) is 2. The maximum absolute atomic E-state index is 9.80. The van der Waals surface area contributed by atoms with Crippen LogP contribution in [0.4, 0.5) is 5.82 Å². The molecule has 1 atom stereocenters. The molecule has 2 aromatic rings. The van der Waals surface area contributed by atoms with Gasteiger partial charge in [-0.05, 0) is 27.7 Å². The second-order valence-corrected chi connectivity index (χ2v) is 4.77. The predicted molar refractivity (Wildman–Crippen MR) is 73.2 cm³/mol. The standard InChI is InChI=1S/C13H19N5O/c1-7-8(2)14-10(4)16-13(7)15-9(3)12-11(19)6-18(5)17-12/h6,9,19H,1-5H3,(H,14,15,16). The number of anilines is 1. The lowest BCUT2D eigenvalue weighted by Gasteiger charge is -2.16. The number of aromatic hydroxyl groups is 1. The smallest absolute Gasteiger partial charge is 0.158 e. The van der Waals surface area contributed by atoms with Gasteiger partial charge in [-0.25, -0.2) is 9.97 Å². The minimum Gasteiger partial charge on any atom is -0.504 e. The summed E-state index contributed by atoms with van der Waals surface area (Å²) in [4.78, 5) is 8.71. The summed E-state index contributed by atoms with van der Waals surface area (Å²) in [6, 6.07) is -0.131. The molecule has 0 amide bonds. The Bertz CT molecular complexity index is 605. The van der Waals surface area contributed by atoms with Crippen molar-refractivity contribution < 1.29 is 5.11 Å². The van der Waals surface area contributed by atoms with Crippen molar-refractivity contribution in [3.8, 4) is 5.75 Å². The fraction of sp³-hybridized carbons (Fsp3) is 0.462. The summed E-state index contributed by atoms with van der Waals surface area (Å²) >= 11 is 0. The molecule has 0 spiro atoms. The average molecular weight is 261 g/mol. The van der Waals surface area contributed by atoms with E-state index in [-0.39, 0.29) is 11.8 Å². The highest BCUT2D eigenvalue weighted by Gasteiger charge is 2.16. The number of aryl methyl sites for hydroxylation is 3. The molecule has 19 heavy (non-hydrogen) atoms. The van der Waals surface area contributed by atoms with Gasteiger partial charge in [-0.15, -0.1) is 0 Å². The van der Waals surface area contributed by atoms with Crippen LogP contribution < -0.4 is 5.32 Å². The summed E-state index contributed by atoms with van der Waals surface area (Å²) < 4.78 is 1.59. The van der Waals surface area contributed by atoms with Crippen LogP contribution in [-0.2, 0) is 7.05 Å². The van der Waals surface area contributed by atoms with E-state index in [2.05, 4.69) is 20.4 Å². The Labute approximate surface area is 112 Å². The topological polar surface area (TPSA) is 75.9 Å². The maximum atomic E-state index is 9.80. The van der Waals surface area contributed by atoms with Crippen molar-refractivity contribution in [3.05, 3.63) is 29.0 Å². The third-order valence-electron chi connectivity index (χ3n) is 3.10. The van der Waals surface area contributed by atoms with Crippen molar-refractivity contribution in [1.29, 1.82) is 0 Å². The van der Waals surface area contributed by atoms with Gasteiger partial charge >= 0.3 is 0 Å². The lowest BCUT2D eigenvalue weighted by atomic mass is 10.2. The lowest BCUT2D eigenvalue weighted by Crippen LogP contribution is -2.12. The first-order valence-electron chi connectivity index (χ1n) is 6.19. The molecule has 0 fully saturated rings. The Morgan fingerprint density at radius 1 is 1.26 bits per heavy atom. The molecule has 2 heterocycles. The Kier molecular flexibility index (Phi) is 3.42. The molecule has 2 N–H and O–H groups in total. The Morgan fingerprint density at radius 2 is 1.95 bits per heavy atom. The zero-order valence-electron chi connectivity index (χ0n) is 11.9. The molecular weight excluding hydrogens is 242 g/mol. The van der Waals surface area contributed by atoms with Gasteiger partial charge in [0, 0.05) is 18.3 Å². The molecule has 0 bridgehead atoms. The largest absolute Gasteiger partial charge is 0.504 e. The minimum absolute atomic E-state index is 0.131. The highest BCUT2D eigenvalue weighted by Crippen LogP contribution is 2.26. The van der Waals surface area contributed by atoms with Crippen LogP contribution in [0, 0.1) is 20.8 Å². The maximum Gasteiger partial charge on any atom is 0.158 e. The van der Waals surface area contributed by atoms with Crippen LogP contribution >= 0.6 is 0 Å². The van der Waals surface area contributed by atoms with Crippen LogP contribution in [0.3, 0.4) is 0 Å². The number of aromatic nitrogens is 4. The van der Waals surface area contributed by atoms with Crippen LogP contribution in [0.25, 0.3) is 0 Å². The van der Waals surface area contributed by atoms with Crippen LogP contribution in [0.1, 0.15) is 35.7 Å². The monoisotopic (exact) mass is 261 g/mol. The SMILES string of the molecule is Cc1nc(C)c(C)c(NC(C)c2nn(C)cc2O)n1. The Hall–Kier alpha value is -2.11. The molecule has 0 saturated carbocycles. The zero-order chi connectivity index (χ0) is 14.2. The lowest BCUT2D eigenvalue weighted by molar-refractivity contribution is 0.465. The Balaban J connectivity index is 2.29. The van der Waals surface area contributed by atoms with E-state index < -0.39 is 0 Å². The molecule has 0 saturated heterocycles. The fourth-order valence-corrected chi connectivity index (χ4v) is 1.98. The average Bonchev–Trinajstić information content (AvgIpc) is 2.64. The van der Waals surface area contributed by atoms with E-state index in [1.165, 1.54) is 0 Å². The second-order valence-electron chi connectivity index (χ2n) is 4.77. The van der Waals surface area contributed by atoms with Crippen LogP contribution in [0.15, 0.2) is 6.20 Å². The third kappa shape index (κ3) is 2.67. The molecule has 1 unspecified atom stereocenters. The van der Waals surface area contributed by atoms with Crippen molar-refractivity contribution in [2.75, 3.05) is 5.32 Å². The van der Waals surface area contributed by atoms with Crippen LogP contribution in [0.2, 0.25) is 0 Å². The summed E-state index contributed by atoms with van der Waals surface area (Å²) in [5.41, 5.74) is 2.57. The number of hydrogen-bond acceptors (Lipinski definition) is 5. The van der Waals surface area contributed by atoms with E-state index >= 15 is 0 Å². The third-order valence-corrected chi connectivity index (χ3v) is 3.10. The van der Waals surface area contributed by atoms with E-state index in [0.717, 1.165) is 22.9 Å². The van der Waals surface area contributed by atoms with E-state index in [9.17, 15) is 5.11 Å². The van der Waals surface area contributed by atoms with Gasteiger partial charge in [0.25, 0.3) is 0 Å². The summed E-state index contributed by atoms with van der Waals surface area (Å²) in [7, 11) is 1.78. The van der Waals surface area contributed by atoms with E-state index in [4.69, 9.17) is 0 Å². The molecule has 2 rings (SSSR count). The van der Waals surface area contributed by atoms with Gasteiger partial charge in [-0.1, -0.05) is 0 Å². The van der Waals surface area contributed by atoms with Gasteiger partial charge < -0.3 is 10.4 Å². The van der Waals surface area contributed by atoms with Crippen molar-refractivity contribution in [1.82, 2.24) is 19.7 Å². The first-order chi connectivity index (χ1) is 8.88. The summed E-state index contributed by atoms with van der Waals surface area (Å²) in [5.74, 6) is 1.69. The van der Waals surface area contributed by atoms with Crippen LogP contribution in [0.5, 0.6) is 5.75 Å². The van der Waals surface area contributed by atoms with Crippen molar-refractivity contribution in [2.24, 2.45) is 7.05 Å². The summed E-state index contributed by atoms with van der Waals surface area (Å²) in [6.45, 7) is 7.73. The zero-order valence-corrected chi connectivity index (χ0v) is 11.9. The summed E-state index contributed by atoms with van der Waals surface area (Å²) in [6.07, 6.45) is 1.58. The van der Waals surface area contributed by atoms with Crippen molar-refractivity contribution in [2.45, 2.75) is 33.7 Å². The number of rotatable bonds is 3. The molecule has 102 valence electrons. The summed E-state index contributed by atoms with van der Waals surface area (Å²) in [5, 5.41) is 17.3. The van der Waals surface area contributed by atoms with Crippen molar-refractivity contribution in [3.63, 3.8) is 0 Å². The highest BCUT2D eigenvalue weighted by atomic mass is 16.3. The molecule has 6 nitrogen and oxygen atoms in total. The first kappa shape index (κ1) is 13.3. The van der Waals surface area contributed by atoms with E-state index in [1.807, 2.05) is 27.7 Å². The van der Waals surface area contributed by atoms with Gasteiger partial charge in [0.05, 0.1) is 12.2 Å². The molecule has 0 radical (unpaired) electrons. The quantitative estimate of drug-likeness (QED) is 0.884. The van der Waals surface area contributed by atoms with Gasteiger partial charge in [0.1, 0.15) is 17.3 Å². The molecular formula is C13H19N5O. The minimum atomic E-state index is -0.131. The van der Waals surface area contributed by atoms with Gasteiger partial charge in [0.15, 0.2) is 5.75 Å². The fourth-order valence-electron chi connectivity index (χ4n) is 1.98. The van der Waals surface area contributed by atoms with Crippen molar-refractivity contribution >= 4 is 5.82 Å². The molecule has 0 aliphatic carbocycles.